The molecule has 0 unspecified atom stereocenters. The van der Waals surface area contributed by atoms with E-state index in [0.717, 1.165) is 24.1 Å². The van der Waals surface area contributed by atoms with Crippen LogP contribution in [-0.2, 0) is 30.3 Å². The van der Waals surface area contributed by atoms with Crippen molar-refractivity contribution < 1.29 is 37.8 Å². The fourth-order valence-electron chi connectivity index (χ4n) is 4.01. The van der Waals surface area contributed by atoms with Crippen LogP contribution in [0, 0.1) is 5.82 Å². The predicted molar refractivity (Wildman–Crippen MR) is 136 cm³/mol. The van der Waals surface area contributed by atoms with Crippen molar-refractivity contribution in [2.45, 2.75) is 32.2 Å². The number of benzene rings is 1. The Bertz CT molecular complexity index is 1310. The minimum absolute atomic E-state index is 0.0339. The van der Waals surface area contributed by atoms with E-state index in [2.05, 4.69) is 11.6 Å². The van der Waals surface area contributed by atoms with Crippen molar-refractivity contribution in [1.29, 1.82) is 0 Å². The molecule has 200 valence electrons. The van der Waals surface area contributed by atoms with Gasteiger partial charge in [-0.2, -0.15) is 0 Å². The Morgan fingerprint density at radius 3 is 2.37 bits per heavy atom. The third-order valence-electron chi connectivity index (χ3n) is 5.84. The van der Waals surface area contributed by atoms with Gasteiger partial charge in [0.15, 0.2) is 0 Å². The molecule has 38 heavy (non-hydrogen) atoms. The van der Waals surface area contributed by atoms with Gasteiger partial charge in [-0.15, -0.1) is 0 Å². The summed E-state index contributed by atoms with van der Waals surface area (Å²) >= 11 is 6.07. The van der Waals surface area contributed by atoms with E-state index in [-0.39, 0.29) is 52.6 Å². The van der Waals surface area contributed by atoms with Crippen LogP contribution in [0.15, 0.2) is 54.4 Å². The summed E-state index contributed by atoms with van der Waals surface area (Å²) in [5.41, 5.74) is 0.402. The Kier molecular flexibility index (Phi) is 9.72. The second-order valence-electron chi connectivity index (χ2n) is 8.29. The first-order valence-electron chi connectivity index (χ1n) is 11.6. The van der Waals surface area contributed by atoms with Crippen molar-refractivity contribution in [3.8, 4) is 0 Å². The highest BCUT2D eigenvalue weighted by atomic mass is 35.5. The average Bonchev–Trinajstić information content (AvgIpc) is 2.93. The Morgan fingerprint density at radius 1 is 1.03 bits per heavy atom. The van der Waals surface area contributed by atoms with Gasteiger partial charge in [-0.25, -0.2) is 18.8 Å². The van der Waals surface area contributed by atoms with Crippen molar-refractivity contribution in [1.82, 2.24) is 4.98 Å². The Labute approximate surface area is 223 Å². The molecule has 0 saturated carbocycles. The van der Waals surface area contributed by atoms with Gasteiger partial charge in [0.25, 0.3) is 5.91 Å². The number of hydrogen-bond acceptors (Lipinski definition) is 8. The van der Waals surface area contributed by atoms with Crippen LogP contribution in [0.1, 0.15) is 52.0 Å². The van der Waals surface area contributed by atoms with Gasteiger partial charge >= 0.3 is 17.9 Å². The molecule has 0 fully saturated rings. The quantitative estimate of drug-likeness (QED) is 0.256. The molecule has 1 aromatic carbocycles. The molecule has 0 spiro atoms. The molecule has 9 nitrogen and oxygen atoms in total. The molecule has 1 aromatic heterocycles. The van der Waals surface area contributed by atoms with E-state index < -0.39 is 29.6 Å². The van der Waals surface area contributed by atoms with Gasteiger partial charge in [-0.1, -0.05) is 24.3 Å². The number of carbonyl (C=O) groups is 4. The van der Waals surface area contributed by atoms with Crippen molar-refractivity contribution >= 4 is 41.1 Å². The van der Waals surface area contributed by atoms with Crippen LogP contribution < -0.4 is 4.90 Å². The Hall–Kier alpha value is -4.05. The highest BCUT2D eigenvalue weighted by Gasteiger charge is 2.31. The summed E-state index contributed by atoms with van der Waals surface area (Å²) in [4.78, 5) is 56.1. The summed E-state index contributed by atoms with van der Waals surface area (Å²) in [5, 5.41) is -0.203. The Morgan fingerprint density at radius 2 is 1.71 bits per heavy atom. The van der Waals surface area contributed by atoms with Gasteiger partial charge in [0.2, 0.25) is 0 Å². The van der Waals surface area contributed by atoms with E-state index in [1.807, 2.05) is 0 Å². The molecule has 1 heterocycles. The fraction of sp³-hybridized carbons (Fsp3) is 0.296. The van der Waals surface area contributed by atoms with E-state index in [1.54, 1.807) is 0 Å². The maximum atomic E-state index is 15.3. The number of rotatable bonds is 9. The lowest BCUT2D eigenvalue weighted by molar-refractivity contribution is -0.138. The number of halogens is 2. The summed E-state index contributed by atoms with van der Waals surface area (Å²) in [6, 6.07) is 3.46. The predicted octanol–water partition coefficient (Wildman–Crippen LogP) is 4.58. The lowest BCUT2D eigenvalue weighted by Crippen LogP contribution is -2.35. The molecule has 0 bridgehead atoms. The zero-order valence-corrected chi connectivity index (χ0v) is 21.7. The number of anilines is 1. The highest BCUT2D eigenvalue weighted by Crippen LogP contribution is 2.33. The number of amides is 1. The first kappa shape index (κ1) is 28.5. The van der Waals surface area contributed by atoms with Crippen LogP contribution in [-0.4, -0.2) is 49.6 Å². The summed E-state index contributed by atoms with van der Waals surface area (Å²) in [5.74, 6) is -3.70. The number of nitrogens with zero attached hydrogens (tertiary/aromatic N) is 2. The average molecular weight is 545 g/mol. The zero-order valence-electron chi connectivity index (χ0n) is 20.9. The highest BCUT2D eigenvalue weighted by molar-refractivity contribution is 6.33. The molecule has 0 atom stereocenters. The molecule has 0 N–H and O–H groups in total. The molecular formula is C27H26ClFN2O7. The maximum Gasteiger partial charge on any atom is 0.339 e. The van der Waals surface area contributed by atoms with Gasteiger partial charge in [0, 0.05) is 23.5 Å². The first-order chi connectivity index (χ1) is 18.2. The van der Waals surface area contributed by atoms with Gasteiger partial charge in [0.05, 0.1) is 42.6 Å². The van der Waals surface area contributed by atoms with Crippen LogP contribution >= 0.6 is 11.6 Å². The summed E-state index contributed by atoms with van der Waals surface area (Å²) in [6.07, 6.45) is 5.96. The number of ether oxygens (including phenoxy) is 3. The Balaban J connectivity index is 2.16. The van der Waals surface area contributed by atoms with Crippen molar-refractivity contribution in [2.75, 3.05) is 25.7 Å². The zero-order chi connectivity index (χ0) is 27.8. The molecule has 11 heteroatoms. The molecule has 3 rings (SSSR count). The lowest BCUT2D eigenvalue weighted by Gasteiger charge is -2.28. The van der Waals surface area contributed by atoms with Gasteiger partial charge < -0.3 is 19.1 Å². The normalized spacial score (nSPS) is 12.9. The minimum atomic E-state index is -0.889. The topological polar surface area (TPSA) is 112 Å². The summed E-state index contributed by atoms with van der Waals surface area (Å²) < 4.78 is 30.0. The second-order valence-corrected chi connectivity index (χ2v) is 8.70. The van der Waals surface area contributed by atoms with Crippen LogP contribution in [0.2, 0.25) is 5.02 Å². The third kappa shape index (κ3) is 6.44. The second kappa shape index (κ2) is 13.0. The molecule has 1 amide bonds. The molecule has 2 aromatic rings. The minimum Gasteiger partial charge on any atom is -0.465 e. The van der Waals surface area contributed by atoms with Crippen LogP contribution in [0.3, 0.4) is 0 Å². The molecule has 1 aliphatic rings. The van der Waals surface area contributed by atoms with Crippen LogP contribution in [0.25, 0.3) is 0 Å². The monoisotopic (exact) mass is 544 g/mol. The molecule has 1 aliphatic carbocycles. The SMILES string of the molecule is C=CCOC(=O)C1=C(C(=O)N(Cc2cncc(C(=O)OC)c2)c2cc(C(=O)OC)c(Cl)cc2F)CCCC1. The number of pyridine rings is 1. The molecule has 0 aliphatic heterocycles. The molecule has 0 radical (unpaired) electrons. The van der Waals surface area contributed by atoms with Crippen LogP contribution in [0.4, 0.5) is 10.1 Å². The molecule has 0 saturated heterocycles. The van der Waals surface area contributed by atoms with Crippen LogP contribution in [0.5, 0.6) is 0 Å². The van der Waals surface area contributed by atoms with E-state index in [0.29, 0.717) is 24.8 Å². The number of aromatic nitrogens is 1. The molecular weight excluding hydrogens is 519 g/mol. The standard InChI is InChI=1S/C27H26ClFN2O7/c1-4-9-38-27(35)19-8-6-5-7-18(19)24(32)31(15-16-10-17(14-30-13-16)25(33)36-2)23-11-20(26(34)37-3)21(28)12-22(23)29/h4,10-14H,1,5-9,15H2,2-3H3. The van der Waals surface area contributed by atoms with Crippen molar-refractivity contribution in [3.63, 3.8) is 0 Å². The van der Waals surface area contributed by atoms with Crippen molar-refractivity contribution in [2.24, 2.45) is 0 Å². The number of carbonyl (C=O) groups excluding carboxylic acids is 4. The van der Waals surface area contributed by atoms with Gasteiger partial charge in [-0.3, -0.25) is 9.78 Å². The van der Waals surface area contributed by atoms with Gasteiger partial charge in [0.1, 0.15) is 12.4 Å². The number of methoxy groups -OCH3 is 2. The summed E-state index contributed by atoms with van der Waals surface area (Å²) in [7, 11) is 2.35. The third-order valence-corrected chi connectivity index (χ3v) is 6.15. The van der Waals surface area contributed by atoms with Crippen molar-refractivity contribution in [3.05, 3.63) is 81.9 Å². The number of esters is 3. The number of hydrogen-bond donors (Lipinski definition) is 0. The van der Waals surface area contributed by atoms with E-state index in [4.69, 9.17) is 25.8 Å². The smallest absolute Gasteiger partial charge is 0.339 e. The first-order valence-corrected chi connectivity index (χ1v) is 12.0. The maximum absolute atomic E-state index is 15.3. The van der Waals surface area contributed by atoms with E-state index in [9.17, 15) is 19.2 Å². The fourth-order valence-corrected chi connectivity index (χ4v) is 4.24. The lowest BCUT2D eigenvalue weighted by atomic mass is 9.90. The van der Waals surface area contributed by atoms with E-state index in [1.165, 1.54) is 31.6 Å². The largest absolute Gasteiger partial charge is 0.465 e. The van der Waals surface area contributed by atoms with Gasteiger partial charge in [-0.05, 0) is 49.4 Å². The summed E-state index contributed by atoms with van der Waals surface area (Å²) in [6.45, 7) is 3.23. The van der Waals surface area contributed by atoms with E-state index >= 15 is 4.39 Å².